The molecule has 1 fully saturated rings. The Hall–Kier alpha value is -1.79. The van der Waals surface area contributed by atoms with E-state index in [0.717, 1.165) is 56.5 Å². The zero-order valence-electron chi connectivity index (χ0n) is 18.8. The maximum Gasteiger partial charge on any atom is 0.203 e. The Kier molecular flexibility index (Phi) is 10.1. The number of nitrogens with zero attached hydrogens (tertiary/aromatic N) is 4. The van der Waals surface area contributed by atoms with Crippen LogP contribution in [0.4, 0.5) is 0 Å². The summed E-state index contributed by atoms with van der Waals surface area (Å²) in [6.07, 6.45) is 0. The van der Waals surface area contributed by atoms with E-state index in [4.69, 9.17) is 14.2 Å². The molecule has 2 aromatic rings. The van der Waals surface area contributed by atoms with Gasteiger partial charge in [0.15, 0.2) is 17.5 Å². The number of aromatic nitrogens is 1. The number of aryl methyl sites for hydroxylation is 1. The lowest BCUT2D eigenvalue weighted by Crippen LogP contribution is -2.52. The van der Waals surface area contributed by atoms with Crippen molar-refractivity contribution in [1.82, 2.24) is 20.1 Å². The van der Waals surface area contributed by atoms with E-state index in [1.165, 1.54) is 4.88 Å². The van der Waals surface area contributed by atoms with Crippen molar-refractivity contribution >= 4 is 41.3 Å². The fourth-order valence-corrected chi connectivity index (χ4v) is 4.31. The Morgan fingerprint density at radius 1 is 1.10 bits per heavy atom. The molecule has 0 aliphatic carbocycles. The van der Waals surface area contributed by atoms with Crippen molar-refractivity contribution in [3.8, 4) is 17.2 Å². The lowest BCUT2D eigenvalue weighted by atomic mass is 10.1. The Morgan fingerprint density at radius 3 is 2.23 bits per heavy atom. The van der Waals surface area contributed by atoms with Crippen LogP contribution in [0.1, 0.15) is 16.1 Å². The van der Waals surface area contributed by atoms with Gasteiger partial charge in [0.1, 0.15) is 0 Å². The van der Waals surface area contributed by atoms with Gasteiger partial charge in [-0.15, -0.1) is 35.3 Å². The van der Waals surface area contributed by atoms with Gasteiger partial charge in [0.25, 0.3) is 0 Å². The fraction of sp³-hybridized carbons (Fsp3) is 0.524. The summed E-state index contributed by atoms with van der Waals surface area (Å²) in [5.41, 5.74) is 4.11. The average Bonchev–Trinajstić information content (AvgIpc) is 3.19. The second-order valence-electron chi connectivity index (χ2n) is 7.06. The minimum absolute atomic E-state index is 0. The number of rotatable bonds is 7. The molecule has 1 aromatic carbocycles. The molecule has 0 bridgehead atoms. The van der Waals surface area contributed by atoms with E-state index in [2.05, 4.69) is 25.1 Å². The number of nitrogens with one attached hydrogen (secondary N) is 1. The average molecular weight is 561 g/mol. The molecule has 1 aliphatic heterocycles. The predicted octanol–water partition coefficient (Wildman–Crippen LogP) is 2.99. The smallest absolute Gasteiger partial charge is 0.203 e. The summed E-state index contributed by atoms with van der Waals surface area (Å²) in [5, 5.41) is 3.47. The maximum absolute atomic E-state index is 5.48. The van der Waals surface area contributed by atoms with Crippen molar-refractivity contribution < 1.29 is 14.2 Å². The summed E-state index contributed by atoms with van der Waals surface area (Å²) in [4.78, 5) is 14.8. The number of piperazine rings is 1. The van der Waals surface area contributed by atoms with Crippen LogP contribution in [0.25, 0.3) is 0 Å². The molecule has 3 rings (SSSR count). The van der Waals surface area contributed by atoms with Gasteiger partial charge in [-0.1, -0.05) is 0 Å². The van der Waals surface area contributed by atoms with Crippen molar-refractivity contribution in [2.75, 3.05) is 54.6 Å². The zero-order chi connectivity index (χ0) is 21.5. The molecule has 8 nitrogen and oxygen atoms in total. The summed E-state index contributed by atoms with van der Waals surface area (Å²) in [6.45, 7) is 7.38. The molecule has 1 N–H and O–H groups in total. The van der Waals surface area contributed by atoms with Gasteiger partial charge in [-0.25, -0.2) is 4.98 Å². The molecule has 1 aliphatic rings. The molecular formula is C21H32IN5O3S. The molecule has 0 saturated carbocycles. The zero-order valence-corrected chi connectivity index (χ0v) is 22.0. The number of methoxy groups -OCH3 is 3. The summed E-state index contributed by atoms with van der Waals surface area (Å²) in [5.74, 6) is 2.94. The third kappa shape index (κ3) is 6.36. The van der Waals surface area contributed by atoms with Gasteiger partial charge in [-0.05, 0) is 24.6 Å². The monoisotopic (exact) mass is 561 g/mol. The van der Waals surface area contributed by atoms with E-state index in [9.17, 15) is 0 Å². The number of hydrogen-bond acceptors (Lipinski definition) is 7. The number of halogens is 1. The SMILES string of the molecule is CN=C(NCc1scnc1C)N1CCN(Cc2cc(OC)c(OC)c(OC)c2)CC1.I. The number of guanidine groups is 1. The van der Waals surface area contributed by atoms with Crippen LogP contribution in [0.2, 0.25) is 0 Å². The summed E-state index contributed by atoms with van der Waals surface area (Å²) in [7, 11) is 6.75. The van der Waals surface area contributed by atoms with Crippen molar-refractivity contribution in [1.29, 1.82) is 0 Å². The minimum atomic E-state index is 0. The molecule has 0 atom stereocenters. The maximum atomic E-state index is 5.48. The van der Waals surface area contributed by atoms with Crippen LogP contribution in [-0.4, -0.2) is 75.3 Å². The van der Waals surface area contributed by atoms with Gasteiger partial charge >= 0.3 is 0 Å². The van der Waals surface area contributed by atoms with Crippen molar-refractivity contribution in [2.45, 2.75) is 20.0 Å². The first kappa shape index (κ1) is 25.5. The largest absolute Gasteiger partial charge is 0.493 e. The fourth-order valence-electron chi connectivity index (χ4n) is 3.59. The molecule has 1 aromatic heterocycles. The highest BCUT2D eigenvalue weighted by atomic mass is 127. The molecular weight excluding hydrogens is 529 g/mol. The Labute approximate surface area is 205 Å². The first-order valence-corrected chi connectivity index (χ1v) is 10.8. The van der Waals surface area contributed by atoms with Crippen LogP contribution < -0.4 is 19.5 Å². The molecule has 1 saturated heterocycles. The number of thiazole rings is 1. The second-order valence-corrected chi connectivity index (χ2v) is 8.00. The summed E-state index contributed by atoms with van der Waals surface area (Å²) < 4.78 is 16.4. The van der Waals surface area contributed by atoms with Gasteiger partial charge in [-0.2, -0.15) is 0 Å². The van der Waals surface area contributed by atoms with Crippen LogP contribution >= 0.6 is 35.3 Å². The number of aliphatic imine (C=N–C) groups is 1. The number of hydrogen-bond donors (Lipinski definition) is 1. The highest BCUT2D eigenvalue weighted by Crippen LogP contribution is 2.38. The molecule has 0 amide bonds. The van der Waals surface area contributed by atoms with Crippen LogP contribution in [0.15, 0.2) is 22.6 Å². The number of ether oxygens (including phenoxy) is 3. The highest BCUT2D eigenvalue weighted by Gasteiger charge is 2.21. The first-order valence-electron chi connectivity index (χ1n) is 9.95. The third-order valence-electron chi connectivity index (χ3n) is 5.27. The standard InChI is InChI=1S/C21H31N5O3S.HI/c1-15-19(30-14-24-15)12-23-21(22-2)26-8-6-25(7-9-26)13-16-10-17(27-3)20(29-5)18(11-16)28-4;/h10-11,14H,6-9,12-13H2,1-5H3,(H,22,23);1H. The lowest BCUT2D eigenvalue weighted by molar-refractivity contribution is 0.172. The topological polar surface area (TPSA) is 71.5 Å². The van der Waals surface area contributed by atoms with E-state index in [1.807, 2.05) is 31.6 Å². The number of benzene rings is 1. The summed E-state index contributed by atoms with van der Waals surface area (Å²) in [6, 6.07) is 4.04. The van der Waals surface area contributed by atoms with Crippen LogP contribution in [0.3, 0.4) is 0 Å². The van der Waals surface area contributed by atoms with Gasteiger partial charge in [0.05, 0.1) is 39.1 Å². The van der Waals surface area contributed by atoms with E-state index < -0.39 is 0 Å². The quantitative estimate of drug-likeness (QED) is 0.317. The molecule has 10 heteroatoms. The molecule has 31 heavy (non-hydrogen) atoms. The third-order valence-corrected chi connectivity index (χ3v) is 6.20. The van der Waals surface area contributed by atoms with Crippen molar-refractivity contribution in [3.05, 3.63) is 33.8 Å². The highest BCUT2D eigenvalue weighted by molar-refractivity contribution is 14.0. The second kappa shape index (κ2) is 12.3. The van der Waals surface area contributed by atoms with Gasteiger partial charge in [-0.3, -0.25) is 9.89 Å². The van der Waals surface area contributed by atoms with E-state index in [-0.39, 0.29) is 24.0 Å². The predicted molar refractivity (Wildman–Crippen MR) is 135 cm³/mol. The Balaban J connectivity index is 0.00000341. The lowest BCUT2D eigenvalue weighted by Gasteiger charge is -2.36. The van der Waals surface area contributed by atoms with E-state index in [0.29, 0.717) is 17.2 Å². The molecule has 172 valence electrons. The van der Waals surface area contributed by atoms with Crippen LogP contribution in [0, 0.1) is 6.92 Å². The van der Waals surface area contributed by atoms with Gasteiger partial charge < -0.3 is 24.4 Å². The Bertz CT molecular complexity index is 843. The molecule has 0 spiro atoms. The van der Waals surface area contributed by atoms with Crippen LogP contribution in [0.5, 0.6) is 17.2 Å². The van der Waals surface area contributed by atoms with Gasteiger partial charge in [0.2, 0.25) is 5.75 Å². The normalized spacial score (nSPS) is 14.7. The Morgan fingerprint density at radius 2 is 1.74 bits per heavy atom. The molecule has 2 heterocycles. The molecule has 0 radical (unpaired) electrons. The van der Waals surface area contributed by atoms with E-state index in [1.54, 1.807) is 32.7 Å². The minimum Gasteiger partial charge on any atom is -0.493 e. The first-order chi connectivity index (χ1) is 14.6. The van der Waals surface area contributed by atoms with Gasteiger partial charge in [0, 0.05) is 44.6 Å². The van der Waals surface area contributed by atoms with Crippen molar-refractivity contribution in [3.63, 3.8) is 0 Å². The van der Waals surface area contributed by atoms with Crippen molar-refractivity contribution in [2.24, 2.45) is 4.99 Å². The van der Waals surface area contributed by atoms with Crippen LogP contribution in [-0.2, 0) is 13.1 Å². The van der Waals surface area contributed by atoms with E-state index >= 15 is 0 Å². The molecule has 0 unspecified atom stereocenters. The summed E-state index contributed by atoms with van der Waals surface area (Å²) >= 11 is 1.67.